The lowest BCUT2D eigenvalue weighted by molar-refractivity contribution is -0.703. The maximum absolute atomic E-state index is 11.2. The molecule has 108 valence electrons. The van der Waals surface area contributed by atoms with Crippen LogP contribution >= 0.6 is 0 Å². The summed E-state index contributed by atoms with van der Waals surface area (Å²) in [4.78, 5) is 11.2. The van der Waals surface area contributed by atoms with Gasteiger partial charge in [-0.2, -0.15) is 0 Å². The van der Waals surface area contributed by atoms with Crippen molar-refractivity contribution in [3.05, 3.63) is 18.2 Å². The normalized spacial score (nSPS) is 10.7. The van der Waals surface area contributed by atoms with E-state index >= 15 is 0 Å². The molecule has 4 nitrogen and oxygen atoms in total. The minimum absolute atomic E-state index is 0.137. The Kier molecular flexibility index (Phi) is 7.23. The van der Waals surface area contributed by atoms with E-state index in [2.05, 4.69) is 35.5 Å². The van der Waals surface area contributed by atoms with E-state index < -0.39 is 0 Å². The fourth-order valence-electron chi connectivity index (χ4n) is 2.20. The summed E-state index contributed by atoms with van der Waals surface area (Å²) in [5.74, 6) is -0.137. The largest absolute Gasteiger partial charge is 0.469 e. The molecule has 1 aromatic heterocycles. The van der Waals surface area contributed by atoms with Crippen molar-refractivity contribution in [1.82, 2.24) is 4.57 Å². The van der Waals surface area contributed by atoms with E-state index in [-0.39, 0.29) is 5.97 Å². The minimum Gasteiger partial charge on any atom is -0.469 e. The molecule has 0 aliphatic carbocycles. The number of esters is 1. The summed E-state index contributed by atoms with van der Waals surface area (Å²) in [5.41, 5.74) is 1.23. The number of hydrogen-bond acceptors (Lipinski definition) is 2. The van der Waals surface area contributed by atoms with Crippen molar-refractivity contribution in [3.8, 4) is 0 Å². The molecule has 19 heavy (non-hydrogen) atoms. The van der Waals surface area contributed by atoms with Crippen molar-refractivity contribution in [1.29, 1.82) is 0 Å². The summed E-state index contributed by atoms with van der Waals surface area (Å²) in [6.07, 6.45) is 10.4. The van der Waals surface area contributed by atoms with E-state index in [1.54, 1.807) is 0 Å². The first-order valence-electron chi connectivity index (χ1n) is 7.36. The zero-order valence-corrected chi connectivity index (χ0v) is 12.5. The van der Waals surface area contributed by atoms with Crippen molar-refractivity contribution < 1.29 is 14.1 Å². The van der Waals surface area contributed by atoms with E-state index in [0.29, 0.717) is 6.42 Å². The van der Waals surface area contributed by atoms with Gasteiger partial charge in [0.05, 0.1) is 26.6 Å². The van der Waals surface area contributed by atoms with E-state index in [1.165, 1.54) is 32.1 Å². The van der Waals surface area contributed by atoms with Gasteiger partial charge in [0, 0.05) is 6.42 Å². The van der Waals surface area contributed by atoms with Crippen LogP contribution in [0.5, 0.6) is 0 Å². The van der Waals surface area contributed by atoms with E-state index in [4.69, 9.17) is 4.74 Å². The molecule has 0 saturated heterocycles. The van der Waals surface area contributed by atoms with Crippen LogP contribution in [0, 0.1) is 0 Å². The lowest BCUT2D eigenvalue weighted by atomic mass is 10.2. The zero-order valence-electron chi connectivity index (χ0n) is 12.5. The molecule has 0 bridgehead atoms. The number of methoxy groups -OCH3 is 1. The van der Waals surface area contributed by atoms with Crippen molar-refractivity contribution in [2.75, 3.05) is 7.11 Å². The van der Waals surface area contributed by atoms with Crippen LogP contribution in [0.15, 0.2) is 12.5 Å². The highest BCUT2D eigenvalue weighted by atomic mass is 16.5. The fraction of sp³-hybridized carbons (Fsp3) is 0.733. The smallest absolute Gasteiger partial charge is 0.305 e. The SMILES string of the molecule is CCCCCn1cc(CCC(=O)OC)[n+](CCC)c1. The molecule has 0 aliphatic heterocycles. The third kappa shape index (κ3) is 5.45. The molecule has 0 fully saturated rings. The number of aryl methyl sites for hydroxylation is 3. The Labute approximate surface area is 116 Å². The van der Waals surface area contributed by atoms with Gasteiger partial charge in [0.2, 0.25) is 6.33 Å². The van der Waals surface area contributed by atoms with Crippen LogP contribution in [0.2, 0.25) is 0 Å². The predicted octanol–water partition coefficient (Wildman–Crippen LogP) is 2.48. The molecule has 0 spiro atoms. The van der Waals surface area contributed by atoms with Crippen molar-refractivity contribution in [3.63, 3.8) is 0 Å². The number of ether oxygens (including phenoxy) is 1. The Bertz CT molecular complexity index is 385. The van der Waals surface area contributed by atoms with Crippen LogP contribution < -0.4 is 4.57 Å². The highest BCUT2D eigenvalue weighted by molar-refractivity contribution is 5.69. The molecule has 0 aliphatic rings. The summed E-state index contributed by atoms with van der Waals surface area (Å²) in [7, 11) is 1.44. The lowest BCUT2D eigenvalue weighted by Gasteiger charge is -1.99. The Balaban J connectivity index is 2.62. The van der Waals surface area contributed by atoms with Crippen LogP contribution in [-0.2, 0) is 29.0 Å². The van der Waals surface area contributed by atoms with Crippen LogP contribution in [0.1, 0.15) is 51.6 Å². The van der Waals surface area contributed by atoms with Crippen LogP contribution in [0.3, 0.4) is 0 Å². The van der Waals surface area contributed by atoms with Crippen molar-refractivity contribution >= 4 is 5.97 Å². The molecule has 0 unspecified atom stereocenters. The number of carbonyl (C=O) groups excluding carboxylic acids is 1. The minimum atomic E-state index is -0.137. The van der Waals surface area contributed by atoms with Gasteiger partial charge in [-0.3, -0.25) is 4.79 Å². The Morgan fingerprint density at radius 1 is 1.32 bits per heavy atom. The zero-order chi connectivity index (χ0) is 14.1. The average Bonchev–Trinajstić information content (AvgIpc) is 2.79. The van der Waals surface area contributed by atoms with Gasteiger partial charge in [-0.15, -0.1) is 0 Å². The predicted molar refractivity (Wildman–Crippen MR) is 74.8 cm³/mol. The van der Waals surface area contributed by atoms with Gasteiger partial charge in [-0.05, 0) is 19.3 Å². The molecule has 1 rings (SSSR count). The maximum Gasteiger partial charge on any atom is 0.305 e. The molecule has 0 radical (unpaired) electrons. The van der Waals surface area contributed by atoms with Gasteiger partial charge in [-0.25, -0.2) is 9.13 Å². The summed E-state index contributed by atoms with van der Waals surface area (Å²) in [6.45, 7) is 6.47. The number of rotatable bonds is 9. The number of hydrogen-bond donors (Lipinski definition) is 0. The molecule has 1 heterocycles. The second-order valence-corrected chi connectivity index (χ2v) is 4.95. The van der Waals surface area contributed by atoms with Crippen LogP contribution in [0.25, 0.3) is 0 Å². The number of unbranched alkanes of at least 4 members (excludes halogenated alkanes) is 2. The third-order valence-electron chi connectivity index (χ3n) is 3.27. The highest BCUT2D eigenvalue weighted by Crippen LogP contribution is 2.04. The molecular formula is C15H27N2O2+. The van der Waals surface area contributed by atoms with Gasteiger partial charge < -0.3 is 4.74 Å². The first-order chi connectivity index (χ1) is 9.21. The second-order valence-electron chi connectivity index (χ2n) is 4.95. The van der Waals surface area contributed by atoms with Crippen molar-refractivity contribution in [2.45, 2.75) is 65.5 Å². The molecule has 0 aromatic carbocycles. The number of aromatic nitrogens is 2. The van der Waals surface area contributed by atoms with Gasteiger partial charge in [0.25, 0.3) is 0 Å². The second kappa shape index (κ2) is 8.73. The summed E-state index contributed by atoms with van der Waals surface area (Å²) < 4.78 is 9.21. The molecule has 4 heteroatoms. The summed E-state index contributed by atoms with van der Waals surface area (Å²) in [6, 6.07) is 0. The van der Waals surface area contributed by atoms with Crippen LogP contribution in [0.4, 0.5) is 0 Å². The average molecular weight is 267 g/mol. The standard InChI is InChI=1S/C15H27N2O2/c1-4-6-7-11-16-12-14(8-9-15(18)19-3)17(13-16)10-5-2/h12-13H,4-11H2,1-3H3/q+1. The Morgan fingerprint density at radius 3 is 2.74 bits per heavy atom. The number of carbonyl (C=O) groups is 1. The molecule has 0 atom stereocenters. The van der Waals surface area contributed by atoms with E-state index in [0.717, 1.165) is 25.9 Å². The van der Waals surface area contributed by atoms with Gasteiger partial charge in [0.1, 0.15) is 11.9 Å². The molecular weight excluding hydrogens is 240 g/mol. The lowest BCUT2D eigenvalue weighted by Crippen LogP contribution is -2.35. The monoisotopic (exact) mass is 267 g/mol. The van der Waals surface area contributed by atoms with Crippen molar-refractivity contribution in [2.24, 2.45) is 0 Å². The molecule has 0 N–H and O–H groups in total. The van der Waals surface area contributed by atoms with E-state index in [9.17, 15) is 4.79 Å². The quantitative estimate of drug-likeness (QED) is 0.391. The Hall–Kier alpha value is -1.32. The molecule has 0 amide bonds. The van der Waals surface area contributed by atoms with Gasteiger partial charge >= 0.3 is 5.97 Å². The third-order valence-corrected chi connectivity index (χ3v) is 3.27. The first-order valence-corrected chi connectivity index (χ1v) is 7.36. The summed E-state index contributed by atoms with van der Waals surface area (Å²) >= 11 is 0. The van der Waals surface area contributed by atoms with E-state index in [1.807, 2.05) is 0 Å². The fourth-order valence-corrected chi connectivity index (χ4v) is 2.20. The van der Waals surface area contributed by atoms with Gasteiger partial charge in [0.15, 0.2) is 0 Å². The number of nitrogens with zero attached hydrogens (tertiary/aromatic N) is 2. The Morgan fingerprint density at radius 2 is 2.11 bits per heavy atom. The first kappa shape index (κ1) is 15.7. The van der Waals surface area contributed by atoms with Gasteiger partial charge in [-0.1, -0.05) is 20.3 Å². The number of imidazole rings is 1. The topological polar surface area (TPSA) is 35.1 Å². The van der Waals surface area contributed by atoms with Crippen LogP contribution in [-0.4, -0.2) is 17.6 Å². The highest BCUT2D eigenvalue weighted by Gasteiger charge is 2.14. The summed E-state index contributed by atoms with van der Waals surface area (Å²) in [5, 5.41) is 0. The molecule has 1 aromatic rings. The molecule has 0 saturated carbocycles. The maximum atomic E-state index is 11.2.